The smallest absolute Gasteiger partial charge is 0.331 e. The number of halogens is 1. The molecular weight excluding hydrogens is 247 g/mol. The lowest BCUT2D eigenvalue weighted by molar-refractivity contribution is 0.414. The lowest BCUT2D eigenvalue weighted by atomic mass is 10.2. The molecule has 5 heteroatoms. The standard InChI is InChI=1S/C14H11FN2O2/c1-19-10-7-5-9(6-8-10)17-13-11(15)3-2-4-12(13)16-14(17)18/h2-8H,1H3,(H,16,18). The van der Waals surface area contributed by atoms with Crippen LogP contribution in [0.4, 0.5) is 4.39 Å². The van der Waals surface area contributed by atoms with Crippen molar-refractivity contribution >= 4 is 11.0 Å². The molecule has 19 heavy (non-hydrogen) atoms. The molecule has 0 atom stereocenters. The number of imidazole rings is 1. The zero-order valence-corrected chi connectivity index (χ0v) is 10.2. The Bertz CT molecular complexity index is 787. The molecule has 0 saturated carbocycles. The van der Waals surface area contributed by atoms with E-state index < -0.39 is 5.82 Å². The molecule has 0 bridgehead atoms. The number of nitrogens with one attached hydrogen (secondary N) is 1. The van der Waals surface area contributed by atoms with Crippen molar-refractivity contribution in [1.82, 2.24) is 9.55 Å². The number of aromatic nitrogens is 2. The highest BCUT2D eigenvalue weighted by molar-refractivity contribution is 5.77. The number of hydrogen-bond acceptors (Lipinski definition) is 2. The predicted molar refractivity (Wildman–Crippen MR) is 70.4 cm³/mol. The molecule has 0 aliphatic carbocycles. The first kappa shape index (κ1) is 11.5. The van der Waals surface area contributed by atoms with Gasteiger partial charge in [0.25, 0.3) is 0 Å². The van der Waals surface area contributed by atoms with Crippen molar-refractivity contribution in [3.63, 3.8) is 0 Å². The Labute approximate surface area is 108 Å². The van der Waals surface area contributed by atoms with E-state index in [0.717, 1.165) is 0 Å². The number of para-hydroxylation sites is 1. The van der Waals surface area contributed by atoms with Crippen LogP contribution in [0, 0.1) is 5.82 Å². The fourth-order valence-corrected chi connectivity index (χ4v) is 2.09. The Balaban J connectivity index is 2.29. The molecule has 0 unspecified atom stereocenters. The number of rotatable bonds is 2. The minimum atomic E-state index is -0.438. The monoisotopic (exact) mass is 258 g/mol. The number of nitrogens with zero attached hydrogens (tertiary/aromatic N) is 1. The third-order valence-corrected chi connectivity index (χ3v) is 2.99. The number of fused-ring (bicyclic) bond motifs is 1. The quantitative estimate of drug-likeness (QED) is 0.767. The van der Waals surface area contributed by atoms with Gasteiger partial charge in [-0.05, 0) is 36.4 Å². The van der Waals surface area contributed by atoms with Crippen molar-refractivity contribution < 1.29 is 9.13 Å². The summed E-state index contributed by atoms with van der Waals surface area (Å²) in [7, 11) is 1.56. The fraction of sp³-hybridized carbons (Fsp3) is 0.0714. The molecule has 3 aromatic rings. The summed E-state index contributed by atoms with van der Waals surface area (Å²) in [6.45, 7) is 0. The normalized spacial score (nSPS) is 10.8. The van der Waals surface area contributed by atoms with Crippen molar-refractivity contribution in [2.45, 2.75) is 0 Å². The first-order valence-electron chi connectivity index (χ1n) is 5.74. The predicted octanol–water partition coefficient (Wildman–Crippen LogP) is 2.47. The topological polar surface area (TPSA) is 47.0 Å². The minimum absolute atomic E-state index is 0.248. The van der Waals surface area contributed by atoms with Crippen molar-refractivity contribution in [2.24, 2.45) is 0 Å². The molecule has 1 N–H and O–H groups in total. The van der Waals surface area contributed by atoms with Gasteiger partial charge < -0.3 is 9.72 Å². The third kappa shape index (κ3) is 1.79. The number of ether oxygens (including phenoxy) is 1. The summed E-state index contributed by atoms with van der Waals surface area (Å²) in [4.78, 5) is 14.6. The Hall–Kier alpha value is -2.56. The second-order valence-electron chi connectivity index (χ2n) is 4.10. The molecule has 2 aromatic carbocycles. The number of H-pyrrole nitrogens is 1. The van der Waals surface area contributed by atoms with Gasteiger partial charge in [0, 0.05) is 0 Å². The summed E-state index contributed by atoms with van der Waals surface area (Å²) in [6, 6.07) is 11.4. The second-order valence-corrected chi connectivity index (χ2v) is 4.10. The Morgan fingerprint density at radius 3 is 2.58 bits per heavy atom. The van der Waals surface area contributed by atoms with Crippen LogP contribution in [-0.4, -0.2) is 16.7 Å². The van der Waals surface area contributed by atoms with Gasteiger partial charge in [0.2, 0.25) is 0 Å². The minimum Gasteiger partial charge on any atom is -0.497 e. The molecule has 0 aliphatic rings. The zero-order valence-electron chi connectivity index (χ0n) is 10.2. The van der Waals surface area contributed by atoms with E-state index >= 15 is 0 Å². The number of aromatic amines is 1. The molecule has 3 rings (SSSR count). The molecule has 0 spiro atoms. The van der Waals surface area contributed by atoms with Crippen LogP contribution in [0.5, 0.6) is 5.75 Å². The van der Waals surface area contributed by atoms with Crippen molar-refractivity contribution in [2.75, 3.05) is 7.11 Å². The molecule has 96 valence electrons. The number of benzene rings is 2. The molecule has 1 heterocycles. The van der Waals surface area contributed by atoms with Crippen LogP contribution in [0.1, 0.15) is 0 Å². The van der Waals surface area contributed by atoms with Gasteiger partial charge in [-0.3, -0.25) is 4.57 Å². The number of hydrogen-bond donors (Lipinski definition) is 1. The van der Waals surface area contributed by atoms with Crippen LogP contribution < -0.4 is 10.4 Å². The Morgan fingerprint density at radius 1 is 1.16 bits per heavy atom. The van der Waals surface area contributed by atoms with Crippen molar-refractivity contribution in [3.05, 3.63) is 58.8 Å². The molecule has 0 amide bonds. The van der Waals surface area contributed by atoms with Crippen LogP contribution in [0.2, 0.25) is 0 Å². The lowest BCUT2D eigenvalue weighted by Gasteiger charge is -2.05. The van der Waals surface area contributed by atoms with E-state index in [1.807, 2.05) is 0 Å². The molecule has 1 aromatic heterocycles. The summed E-state index contributed by atoms with van der Waals surface area (Å²) < 4.78 is 20.3. The first-order chi connectivity index (χ1) is 9.20. The largest absolute Gasteiger partial charge is 0.497 e. The van der Waals surface area contributed by atoms with Crippen LogP contribution in [0.15, 0.2) is 47.3 Å². The molecule has 0 fully saturated rings. The summed E-state index contributed by atoms with van der Waals surface area (Å²) in [5.41, 5.74) is 0.936. The zero-order chi connectivity index (χ0) is 13.4. The summed E-state index contributed by atoms with van der Waals surface area (Å²) >= 11 is 0. The van der Waals surface area contributed by atoms with E-state index in [4.69, 9.17) is 4.74 Å². The van der Waals surface area contributed by atoms with Crippen LogP contribution in [-0.2, 0) is 0 Å². The molecule has 0 radical (unpaired) electrons. The van der Waals surface area contributed by atoms with Crippen LogP contribution in [0.3, 0.4) is 0 Å². The summed E-state index contributed by atoms with van der Waals surface area (Å²) in [5, 5.41) is 0. The SMILES string of the molecule is COc1ccc(-n2c(=O)[nH]c3cccc(F)c32)cc1. The molecule has 4 nitrogen and oxygen atoms in total. The average Bonchev–Trinajstić information content (AvgIpc) is 2.76. The van der Waals surface area contributed by atoms with Gasteiger partial charge in [0.05, 0.1) is 18.3 Å². The summed E-state index contributed by atoms with van der Waals surface area (Å²) in [6.07, 6.45) is 0. The molecule has 0 saturated heterocycles. The Kier molecular flexibility index (Phi) is 2.59. The second kappa shape index (κ2) is 4.28. The van der Waals surface area contributed by atoms with E-state index in [1.54, 1.807) is 43.5 Å². The van der Waals surface area contributed by atoms with Gasteiger partial charge in [-0.25, -0.2) is 9.18 Å². The third-order valence-electron chi connectivity index (χ3n) is 2.99. The first-order valence-corrected chi connectivity index (χ1v) is 5.74. The average molecular weight is 258 g/mol. The van der Waals surface area contributed by atoms with E-state index in [9.17, 15) is 9.18 Å². The highest BCUT2D eigenvalue weighted by Gasteiger charge is 2.12. The molecule has 0 aliphatic heterocycles. The maximum atomic E-state index is 13.9. The maximum absolute atomic E-state index is 13.9. The van der Waals surface area contributed by atoms with Crippen molar-refractivity contribution in [3.8, 4) is 11.4 Å². The van der Waals surface area contributed by atoms with Gasteiger partial charge in [0.15, 0.2) is 0 Å². The van der Waals surface area contributed by atoms with Gasteiger partial charge in [-0.2, -0.15) is 0 Å². The van der Waals surface area contributed by atoms with Crippen molar-refractivity contribution in [1.29, 1.82) is 0 Å². The van der Waals surface area contributed by atoms with E-state index in [0.29, 0.717) is 17.0 Å². The van der Waals surface area contributed by atoms with Gasteiger partial charge in [0.1, 0.15) is 17.1 Å². The highest BCUT2D eigenvalue weighted by Crippen LogP contribution is 2.20. The van der Waals surface area contributed by atoms with E-state index in [1.165, 1.54) is 10.6 Å². The van der Waals surface area contributed by atoms with Crippen LogP contribution in [0.25, 0.3) is 16.7 Å². The highest BCUT2D eigenvalue weighted by atomic mass is 19.1. The number of methoxy groups -OCH3 is 1. The van der Waals surface area contributed by atoms with Gasteiger partial charge in [-0.1, -0.05) is 6.07 Å². The fourth-order valence-electron chi connectivity index (χ4n) is 2.09. The Morgan fingerprint density at radius 2 is 1.89 bits per heavy atom. The van der Waals surface area contributed by atoms with E-state index in [2.05, 4.69) is 4.98 Å². The van der Waals surface area contributed by atoms with Gasteiger partial charge >= 0.3 is 5.69 Å². The maximum Gasteiger partial charge on any atom is 0.331 e. The molecular formula is C14H11FN2O2. The summed E-state index contributed by atoms with van der Waals surface area (Å²) in [5.74, 6) is 0.240. The van der Waals surface area contributed by atoms with Gasteiger partial charge in [-0.15, -0.1) is 0 Å². The van der Waals surface area contributed by atoms with Crippen LogP contribution >= 0.6 is 0 Å². The lowest BCUT2D eigenvalue weighted by Crippen LogP contribution is -2.14. The van der Waals surface area contributed by atoms with E-state index in [-0.39, 0.29) is 11.2 Å².